The first-order chi connectivity index (χ1) is 33.2. The third-order valence-electron chi connectivity index (χ3n) is 9.90. The van der Waals surface area contributed by atoms with Crippen LogP contribution in [-0.2, 0) is 0 Å². The van der Waals surface area contributed by atoms with E-state index in [1.807, 2.05) is 84.9 Å². The standard InChI is InChI=1S/C54H38N2/c1-4-14-39(15-5-1)41-24-31-46(32-25-41)55(52-22-12-10-20-49(52)44-18-8-3-9-19-44)47-33-28-43(29-34-47)45-30-37-54-51(38-45)50-21-11-13-23-53(50)56(54)48-35-26-42(27-36-48)40-16-6-2-7-17-40/h1-38H/i3D,8D,9D,10D,12D,18D,19D,20D,22D,28D,29D,33D,34D. The molecule has 0 aliphatic carbocycles. The van der Waals surface area contributed by atoms with Gasteiger partial charge in [0, 0.05) is 33.4 Å². The molecule has 10 aromatic rings. The summed E-state index contributed by atoms with van der Waals surface area (Å²) in [5, 5.41) is 1.71. The number of nitrogens with zero attached hydrogens (tertiary/aromatic N) is 2. The predicted octanol–water partition coefficient (Wildman–Crippen LogP) is 14.9. The van der Waals surface area contributed by atoms with Crippen LogP contribution in [0.4, 0.5) is 17.1 Å². The molecule has 0 atom stereocenters. The lowest BCUT2D eigenvalue weighted by atomic mass is 10.00. The van der Waals surface area contributed by atoms with Crippen molar-refractivity contribution in [2.75, 3.05) is 4.90 Å². The topological polar surface area (TPSA) is 8.17 Å². The van der Waals surface area contributed by atoms with Crippen LogP contribution in [0.25, 0.3) is 72.0 Å². The van der Waals surface area contributed by atoms with Crippen molar-refractivity contribution in [3.05, 3.63) is 230 Å². The number of rotatable bonds is 8. The van der Waals surface area contributed by atoms with Crippen LogP contribution >= 0.6 is 0 Å². The lowest BCUT2D eigenvalue weighted by Gasteiger charge is -2.28. The lowest BCUT2D eigenvalue weighted by Crippen LogP contribution is -2.11. The first-order valence-electron chi connectivity index (χ1n) is 24.6. The van der Waals surface area contributed by atoms with Gasteiger partial charge in [0.2, 0.25) is 0 Å². The Morgan fingerprint density at radius 3 is 1.61 bits per heavy atom. The number of fused-ring (bicyclic) bond motifs is 3. The van der Waals surface area contributed by atoms with E-state index in [1.165, 1.54) is 4.90 Å². The molecule has 10 rings (SSSR count). The van der Waals surface area contributed by atoms with E-state index in [1.54, 1.807) is 30.3 Å². The van der Waals surface area contributed by atoms with Crippen LogP contribution in [0.2, 0.25) is 0 Å². The smallest absolute Gasteiger partial charge is 0.0645 e. The molecule has 0 saturated carbocycles. The number of benzene rings is 9. The van der Waals surface area contributed by atoms with Gasteiger partial charge in [0.1, 0.15) is 0 Å². The van der Waals surface area contributed by atoms with Gasteiger partial charge in [-0.05, 0) is 99.5 Å². The summed E-state index contributed by atoms with van der Waals surface area (Å²) in [5.41, 5.74) is 5.14. The molecule has 0 N–H and O–H groups in total. The molecule has 0 aliphatic rings. The fraction of sp³-hybridized carbons (Fsp3) is 0. The average molecular weight is 728 g/mol. The molecule has 9 aromatic carbocycles. The molecule has 2 heteroatoms. The summed E-state index contributed by atoms with van der Waals surface area (Å²) < 4.78 is 120. The second-order valence-electron chi connectivity index (χ2n) is 13.2. The van der Waals surface area contributed by atoms with Gasteiger partial charge in [-0.15, -0.1) is 0 Å². The molecule has 0 spiro atoms. The first kappa shape index (κ1) is 22.1. The van der Waals surface area contributed by atoms with E-state index in [0.717, 1.165) is 49.7 Å². The third-order valence-corrected chi connectivity index (χ3v) is 9.90. The van der Waals surface area contributed by atoms with Crippen molar-refractivity contribution in [2.45, 2.75) is 0 Å². The molecule has 0 fully saturated rings. The van der Waals surface area contributed by atoms with Crippen LogP contribution in [0.15, 0.2) is 230 Å². The molecule has 56 heavy (non-hydrogen) atoms. The van der Waals surface area contributed by atoms with Crippen LogP contribution in [0, 0.1) is 0 Å². The molecule has 0 radical (unpaired) electrons. The first-order valence-corrected chi connectivity index (χ1v) is 18.1. The van der Waals surface area contributed by atoms with E-state index in [-0.39, 0.29) is 11.3 Å². The molecule has 1 heterocycles. The summed E-state index contributed by atoms with van der Waals surface area (Å²) in [6, 6.07) is 39.2. The largest absolute Gasteiger partial charge is 0.310 e. The normalized spacial score (nSPS) is 14.5. The molecule has 1 aromatic heterocycles. The zero-order valence-electron chi connectivity index (χ0n) is 42.8. The molecular formula is C54H38N2. The monoisotopic (exact) mass is 727 g/mol. The summed E-state index contributed by atoms with van der Waals surface area (Å²) in [7, 11) is 0. The van der Waals surface area contributed by atoms with Gasteiger partial charge in [0.15, 0.2) is 0 Å². The highest BCUT2D eigenvalue weighted by atomic mass is 15.1. The second kappa shape index (κ2) is 14.4. The molecule has 0 aliphatic heterocycles. The number of hydrogen-bond acceptors (Lipinski definition) is 1. The van der Waals surface area contributed by atoms with Gasteiger partial charge in [0.25, 0.3) is 0 Å². The van der Waals surface area contributed by atoms with E-state index >= 15 is 0 Å². The fourth-order valence-corrected chi connectivity index (χ4v) is 7.24. The highest BCUT2D eigenvalue weighted by molar-refractivity contribution is 6.10. The molecule has 0 saturated heterocycles. The maximum atomic E-state index is 9.71. The minimum atomic E-state index is -0.749. The van der Waals surface area contributed by atoms with Crippen LogP contribution in [0.5, 0.6) is 0 Å². The van der Waals surface area contributed by atoms with Crippen LogP contribution in [0.3, 0.4) is 0 Å². The van der Waals surface area contributed by atoms with Crippen molar-refractivity contribution in [1.29, 1.82) is 0 Å². The number of para-hydroxylation sites is 2. The molecule has 2 nitrogen and oxygen atoms in total. The van der Waals surface area contributed by atoms with Crippen molar-refractivity contribution in [3.63, 3.8) is 0 Å². The SMILES string of the molecule is [2H]c1c([2H])c([2H])c(-c2c([2H])c([2H])c([2H])c([2H])c2N(c2ccc(-c3ccccc3)cc2)c2c([2H])c([2H])c(-c3ccc4c(c3)c3ccccc3n4-c3ccc(-c4ccccc4)cc3)c([2H])c2[2H])c([2H])c1[2H]. The highest BCUT2D eigenvalue weighted by Gasteiger charge is 2.18. The molecule has 0 unspecified atom stereocenters. The summed E-state index contributed by atoms with van der Waals surface area (Å²) in [6.45, 7) is 0. The Kier molecular flexibility index (Phi) is 5.69. The maximum Gasteiger partial charge on any atom is 0.0645 e. The van der Waals surface area contributed by atoms with Crippen molar-refractivity contribution in [1.82, 2.24) is 4.57 Å². The Bertz CT molecular complexity index is 3630. The van der Waals surface area contributed by atoms with Gasteiger partial charge >= 0.3 is 0 Å². The minimum absolute atomic E-state index is 0.0140. The van der Waals surface area contributed by atoms with Gasteiger partial charge in [-0.1, -0.05) is 170 Å². The minimum Gasteiger partial charge on any atom is -0.310 e. The van der Waals surface area contributed by atoms with Crippen molar-refractivity contribution in [2.24, 2.45) is 0 Å². The van der Waals surface area contributed by atoms with Crippen molar-refractivity contribution in [3.8, 4) is 50.2 Å². The number of aromatic nitrogens is 1. The van der Waals surface area contributed by atoms with Gasteiger partial charge in [-0.25, -0.2) is 0 Å². The van der Waals surface area contributed by atoms with Gasteiger partial charge in [-0.2, -0.15) is 0 Å². The Hall–Kier alpha value is -7.42. The van der Waals surface area contributed by atoms with E-state index in [2.05, 4.69) is 41.0 Å². The Morgan fingerprint density at radius 2 is 0.911 bits per heavy atom. The predicted molar refractivity (Wildman–Crippen MR) is 237 cm³/mol. The van der Waals surface area contributed by atoms with Gasteiger partial charge < -0.3 is 9.47 Å². The van der Waals surface area contributed by atoms with Gasteiger partial charge in [-0.3, -0.25) is 0 Å². The van der Waals surface area contributed by atoms with Gasteiger partial charge in [0.05, 0.1) is 34.5 Å². The van der Waals surface area contributed by atoms with Crippen LogP contribution < -0.4 is 4.90 Å². The Balaban J connectivity index is 1.20. The Morgan fingerprint density at radius 1 is 0.357 bits per heavy atom. The third kappa shape index (κ3) is 6.14. The second-order valence-corrected chi connectivity index (χ2v) is 13.2. The van der Waals surface area contributed by atoms with E-state index < -0.39 is 101 Å². The molecular weight excluding hydrogens is 677 g/mol. The Labute approximate surface area is 346 Å². The summed E-state index contributed by atoms with van der Waals surface area (Å²) >= 11 is 0. The number of hydrogen-bond donors (Lipinski definition) is 0. The molecule has 0 bridgehead atoms. The number of anilines is 3. The maximum absolute atomic E-state index is 9.71. The summed E-state index contributed by atoms with van der Waals surface area (Å²) in [6.07, 6.45) is 0. The van der Waals surface area contributed by atoms with Crippen LogP contribution in [0.1, 0.15) is 17.8 Å². The van der Waals surface area contributed by atoms with Crippen LogP contribution in [-0.4, -0.2) is 4.57 Å². The molecule has 0 amide bonds. The fourth-order valence-electron chi connectivity index (χ4n) is 7.24. The lowest BCUT2D eigenvalue weighted by molar-refractivity contribution is 1.18. The average Bonchev–Trinajstić information content (AvgIpc) is 3.71. The quantitative estimate of drug-likeness (QED) is 0.151. The van der Waals surface area contributed by atoms with E-state index in [0.29, 0.717) is 5.56 Å². The summed E-state index contributed by atoms with van der Waals surface area (Å²) in [4.78, 5) is 1.17. The molecule has 264 valence electrons. The van der Waals surface area contributed by atoms with Crippen molar-refractivity contribution < 1.29 is 17.8 Å². The zero-order chi connectivity index (χ0) is 48.6. The summed E-state index contributed by atoms with van der Waals surface area (Å²) in [5.74, 6) is 0. The zero-order valence-corrected chi connectivity index (χ0v) is 29.8. The van der Waals surface area contributed by atoms with Crippen molar-refractivity contribution >= 4 is 38.9 Å². The highest BCUT2D eigenvalue weighted by Crippen LogP contribution is 2.42. The van der Waals surface area contributed by atoms with E-state index in [9.17, 15) is 8.22 Å². The van der Waals surface area contributed by atoms with E-state index in [4.69, 9.17) is 9.60 Å².